The molecule has 4 heteroatoms. The van der Waals surface area contributed by atoms with E-state index >= 15 is 0 Å². The molecule has 20 heavy (non-hydrogen) atoms. The first-order chi connectivity index (χ1) is 9.54. The highest BCUT2D eigenvalue weighted by molar-refractivity contribution is 5.94. The summed E-state index contributed by atoms with van der Waals surface area (Å²) in [5.41, 5.74) is 7.13. The Balaban J connectivity index is 1.73. The molecular formula is C16H21FN2O. The van der Waals surface area contributed by atoms with Gasteiger partial charge in [0.25, 0.3) is 5.91 Å². The van der Waals surface area contributed by atoms with Gasteiger partial charge in [0.2, 0.25) is 0 Å². The van der Waals surface area contributed by atoms with E-state index in [9.17, 15) is 9.18 Å². The topological polar surface area (TPSA) is 46.3 Å². The quantitative estimate of drug-likeness (QED) is 0.855. The molecule has 1 heterocycles. The van der Waals surface area contributed by atoms with Crippen molar-refractivity contribution in [1.82, 2.24) is 4.90 Å². The van der Waals surface area contributed by atoms with Crippen LogP contribution in [-0.4, -0.2) is 29.9 Å². The van der Waals surface area contributed by atoms with Crippen molar-refractivity contribution in [3.63, 3.8) is 0 Å². The summed E-state index contributed by atoms with van der Waals surface area (Å²) >= 11 is 0. The summed E-state index contributed by atoms with van der Waals surface area (Å²) in [6.07, 6.45) is 3.22. The van der Waals surface area contributed by atoms with E-state index in [4.69, 9.17) is 5.73 Å². The van der Waals surface area contributed by atoms with Crippen molar-refractivity contribution in [2.75, 3.05) is 13.1 Å². The lowest BCUT2D eigenvalue weighted by Crippen LogP contribution is -2.32. The number of carbonyl (C=O) groups excluding carboxylic acids is 1. The van der Waals surface area contributed by atoms with Gasteiger partial charge in [-0.1, -0.05) is 0 Å². The molecule has 0 bridgehead atoms. The molecule has 1 saturated carbocycles. The number of hydrogen-bond donors (Lipinski definition) is 1. The standard InChI is InChI=1S/C16H21FN2O/c1-10-6-11(3-5-15(10)17)16(20)19-8-12-2-4-14(18)7-13(12)9-19/h3,5-6,12-14H,2,4,7-9,18H2,1H3/t12-,13+,14?/m1/s1. The molecule has 108 valence electrons. The highest BCUT2D eigenvalue weighted by atomic mass is 19.1. The molecule has 1 aliphatic carbocycles. The maximum atomic E-state index is 13.3. The molecule has 1 saturated heterocycles. The van der Waals surface area contributed by atoms with Gasteiger partial charge in [-0.25, -0.2) is 4.39 Å². The Morgan fingerprint density at radius 2 is 2.05 bits per heavy atom. The predicted molar refractivity (Wildman–Crippen MR) is 75.8 cm³/mol. The van der Waals surface area contributed by atoms with Gasteiger partial charge in [-0.2, -0.15) is 0 Å². The summed E-state index contributed by atoms with van der Waals surface area (Å²) in [5, 5.41) is 0. The first-order valence-electron chi connectivity index (χ1n) is 7.35. The summed E-state index contributed by atoms with van der Waals surface area (Å²) in [4.78, 5) is 14.4. The first kappa shape index (κ1) is 13.6. The van der Waals surface area contributed by atoms with Crippen LogP contribution in [0.15, 0.2) is 18.2 Å². The molecule has 0 spiro atoms. The van der Waals surface area contributed by atoms with E-state index in [1.54, 1.807) is 19.1 Å². The Hall–Kier alpha value is -1.42. The Morgan fingerprint density at radius 3 is 2.80 bits per heavy atom. The number of rotatable bonds is 1. The smallest absolute Gasteiger partial charge is 0.253 e. The SMILES string of the molecule is Cc1cc(C(=O)N2C[C@H]3CCC(N)C[C@H]3C2)ccc1F. The number of amides is 1. The molecule has 1 amide bonds. The highest BCUT2D eigenvalue weighted by Crippen LogP contribution is 2.36. The predicted octanol–water partition coefficient (Wildman–Crippen LogP) is 2.33. The Kier molecular flexibility index (Phi) is 3.50. The Bertz CT molecular complexity index is 531. The van der Waals surface area contributed by atoms with Crippen molar-refractivity contribution in [2.24, 2.45) is 17.6 Å². The molecular weight excluding hydrogens is 255 g/mol. The number of fused-ring (bicyclic) bond motifs is 1. The fourth-order valence-electron chi connectivity index (χ4n) is 3.59. The molecule has 2 fully saturated rings. The molecule has 3 rings (SSSR count). The first-order valence-corrected chi connectivity index (χ1v) is 7.35. The van der Waals surface area contributed by atoms with Gasteiger partial charge in [-0.3, -0.25) is 4.79 Å². The fourth-order valence-corrected chi connectivity index (χ4v) is 3.59. The van der Waals surface area contributed by atoms with Crippen LogP contribution in [0.3, 0.4) is 0 Å². The maximum absolute atomic E-state index is 13.3. The summed E-state index contributed by atoms with van der Waals surface area (Å²) in [5.74, 6) is 0.906. The van der Waals surface area contributed by atoms with Gasteiger partial charge in [0.05, 0.1) is 0 Å². The van der Waals surface area contributed by atoms with Crippen LogP contribution in [0, 0.1) is 24.6 Å². The van der Waals surface area contributed by atoms with E-state index in [1.165, 1.54) is 6.07 Å². The van der Waals surface area contributed by atoms with Crippen LogP contribution < -0.4 is 5.73 Å². The molecule has 1 aromatic carbocycles. The molecule has 1 aliphatic heterocycles. The van der Waals surface area contributed by atoms with Crippen molar-refractivity contribution >= 4 is 5.91 Å². The van der Waals surface area contributed by atoms with Crippen molar-refractivity contribution in [2.45, 2.75) is 32.2 Å². The maximum Gasteiger partial charge on any atom is 0.253 e. The van der Waals surface area contributed by atoms with Crippen molar-refractivity contribution in [3.8, 4) is 0 Å². The van der Waals surface area contributed by atoms with Crippen LogP contribution in [0.2, 0.25) is 0 Å². The highest BCUT2D eigenvalue weighted by Gasteiger charge is 2.38. The van der Waals surface area contributed by atoms with E-state index in [-0.39, 0.29) is 11.7 Å². The Labute approximate surface area is 118 Å². The van der Waals surface area contributed by atoms with E-state index in [1.807, 2.05) is 4.90 Å². The van der Waals surface area contributed by atoms with E-state index in [0.717, 1.165) is 32.4 Å². The summed E-state index contributed by atoms with van der Waals surface area (Å²) in [6, 6.07) is 4.89. The monoisotopic (exact) mass is 276 g/mol. The molecule has 1 aromatic rings. The van der Waals surface area contributed by atoms with E-state index in [0.29, 0.717) is 29.0 Å². The van der Waals surface area contributed by atoms with Gasteiger partial charge in [-0.05, 0) is 61.8 Å². The summed E-state index contributed by atoms with van der Waals surface area (Å²) < 4.78 is 13.3. The number of carbonyl (C=O) groups is 1. The number of nitrogens with zero attached hydrogens (tertiary/aromatic N) is 1. The molecule has 1 unspecified atom stereocenters. The van der Waals surface area contributed by atoms with Crippen molar-refractivity contribution in [3.05, 3.63) is 35.1 Å². The molecule has 2 N–H and O–H groups in total. The van der Waals surface area contributed by atoms with Gasteiger partial charge >= 0.3 is 0 Å². The van der Waals surface area contributed by atoms with E-state index < -0.39 is 0 Å². The molecule has 0 aromatic heterocycles. The zero-order valence-corrected chi connectivity index (χ0v) is 11.8. The van der Waals surface area contributed by atoms with Gasteiger partial charge in [-0.15, -0.1) is 0 Å². The van der Waals surface area contributed by atoms with Gasteiger partial charge in [0.15, 0.2) is 0 Å². The average Bonchev–Trinajstić information content (AvgIpc) is 2.84. The minimum atomic E-state index is -0.261. The fraction of sp³-hybridized carbons (Fsp3) is 0.562. The number of benzene rings is 1. The van der Waals surface area contributed by atoms with Crippen LogP contribution in [-0.2, 0) is 0 Å². The third-order valence-corrected chi connectivity index (χ3v) is 4.78. The van der Waals surface area contributed by atoms with Crippen molar-refractivity contribution in [1.29, 1.82) is 0 Å². The average molecular weight is 276 g/mol. The minimum absolute atomic E-state index is 0.0241. The van der Waals surface area contributed by atoms with Crippen LogP contribution in [0.5, 0.6) is 0 Å². The summed E-state index contributed by atoms with van der Waals surface area (Å²) in [7, 11) is 0. The number of hydrogen-bond acceptors (Lipinski definition) is 2. The third kappa shape index (κ3) is 2.44. The zero-order chi connectivity index (χ0) is 14.3. The zero-order valence-electron chi connectivity index (χ0n) is 11.8. The van der Waals surface area contributed by atoms with Crippen LogP contribution in [0.1, 0.15) is 35.2 Å². The normalized spacial score (nSPS) is 29.4. The second kappa shape index (κ2) is 5.17. The second-order valence-electron chi connectivity index (χ2n) is 6.27. The number of likely N-dealkylation sites (tertiary alicyclic amines) is 1. The lowest BCUT2D eigenvalue weighted by Gasteiger charge is -2.27. The van der Waals surface area contributed by atoms with E-state index in [2.05, 4.69) is 0 Å². The van der Waals surface area contributed by atoms with Crippen LogP contribution >= 0.6 is 0 Å². The molecule has 0 radical (unpaired) electrons. The number of halogens is 1. The molecule has 2 aliphatic rings. The Morgan fingerprint density at radius 1 is 1.30 bits per heavy atom. The lowest BCUT2D eigenvalue weighted by molar-refractivity contribution is 0.0784. The van der Waals surface area contributed by atoms with Gasteiger partial charge in [0, 0.05) is 24.7 Å². The largest absolute Gasteiger partial charge is 0.338 e. The van der Waals surface area contributed by atoms with Crippen LogP contribution in [0.25, 0.3) is 0 Å². The van der Waals surface area contributed by atoms with Gasteiger partial charge < -0.3 is 10.6 Å². The van der Waals surface area contributed by atoms with Gasteiger partial charge in [0.1, 0.15) is 5.82 Å². The molecule has 3 nitrogen and oxygen atoms in total. The molecule has 3 atom stereocenters. The summed E-state index contributed by atoms with van der Waals surface area (Å²) in [6.45, 7) is 3.31. The number of nitrogens with two attached hydrogens (primary N) is 1. The third-order valence-electron chi connectivity index (χ3n) is 4.78. The minimum Gasteiger partial charge on any atom is -0.338 e. The van der Waals surface area contributed by atoms with Crippen LogP contribution in [0.4, 0.5) is 4.39 Å². The lowest BCUT2D eigenvalue weighted by atomic mass is 9.79. The second-order valence-corrected chi connectivity index (χ2v) is 6.27. The number of aryl methyl sites for hydroxylation is 1. The van der Waals surface area contributed by atoms with Crippen molar-refractivity contribution < 1.29 is 9.18 Å².